The van der Waals surface area contributed by atoms with E-state index in [1.807, 2.05) is 6.92 Å². The number of sulfonamides is 1. The van der Waals surface area contributed by atoms with Crippen molar-refractivity contribution < 1.29 is 24.1 Å². The second-order valence-corrected chi connectivity index (χ2v) is 10.1. The van der Waals surface area contributed by atoms with E-state index in [1.165, 1.54) is 43.8 Å². The summed E-state index contributed by atoms with van der Waals surface area (Å²) < 4.78 is 49.1. The molecule has 0 aliphatic heterocycles. The van der Waals surface area contributed by atoms with E-state index in [1.54, 1.807) is 37.6 Å². The molecule has 198 valence electrons. The summed E-state index contributed by atoms with van der Waals surface area (Å²) in [6.07, 6.45) is 3.73. The summed E-state index contributed by atoms with van der Waals surface area (Å²) in [4.78, 5) is 12.7. The fourth-order valence-electron chi connectivity index (χ4n) is 3.64. The summed E-state index contributed by atoms with van der Waals surface area (Å²) in [6, 6.07) is 5.13. The number of nitrogens with one attached hydrogen (secondary N) is 1. The predicted octanol–water partition coefficient (Wildman–Crippen LogP) is 1.94. The van der Waals surface area contributed by atoms with Crippen LogP contribution in [0.4, 0.5) is 5.95 Å². The highest BCUT2D eigenvalue weighted by Gasteiger charge is 2.35. The zero-order valence-corrected chi connectivity index (χ0v) is 22.0. The Labute approximate surface area is 215 Å². The van der Waals surface area contributed by atoms with Gasteiger partial charge < -0.3 is 14.2 Å². The number of aromatic nitrogens is 8. The zero-order chi connectivity index (χ0) is 26.7. The van der Waals surface area contributed by atoms with E-state index in [-0.39, 0.29) is 24.8 Å². The highest BCUT2D eigenvalue weighted by Crippen LogP contribution is 2.37. The highest BCUT2D eigenvalue weighted by atomic mass is 32.2. The lowest BCUT2D eigenvalue weighted by atomic mass is 10.2. The molecule has 0 aliphatic rings. The van der Waals surface area contributed by atoms with Crippen LogP contribution in [0.2, 0.25) is 0 Å². The smallest absolute Gasteiger partial charge is 0.243 e. The monoisotopic (exact) mass is 531 g/mol. The van der Waals surface area contributed by atoms with E-state index in [0.29, 0.717) is 17.2 Å². The Balaban J connectivity index is 0.00000400. The van der Waals surface area contributed by atoms with Crippen LogP contribution in [-0.2, 0) is 21.8 Å². The maximum Gasteiger partial charge on any atom is 0.243 e. The van der Waals surface area contributed by atoms with E-state index < -0.39 is 21.4 Å². The van der Waals surface area contributed by atoms with Gasteiger partial charge in [0, 0.05) is 28.0 Å². The number of methoxy groups -OCH3 is 3. The van der Waals surface area contributed by atoms with Gasteiger partial charge in [-0.25, -0.2) is 23.4 Å². The number of para-hydroxylation sites is 1. The Morgan fingerprint density at radius 3 is 2.22 bits per heavy atom. The molecule has 0 saturated heterocycles. The topological polar surface area (TPSA) is 161 Å². The minimum absolute atomic E-state index is 0. The van der Waals surface area contributed by atoms with Crippen molar-refractivity contribution in [3.05, 3.63) is 48.3 Å². The van der Waals surface area contributed by atoms with Crippen LogP contribution in [0.15, 0.2) is 36.9 Å². The van der Waals surface area contributed by atoms with Crippen molar-refractivity contribution in [3.63, 3.8) is 0 Å². The SMILES string of the molecule is COc1cccc(OC)c1-n1c(NS(=O)(=O)[C@@H](C)[C@H](OC)c2ncc(C)cn2)nnc1-c1ncn(C)n1.[HH]. The lowest BCUT2D eigenvalue weighted by Gasteiger charge is -2.22. The second-order valence-electron chi connectivity index (χ2n) is 8.06. The lowest BCUT2D eigenvalue weighted by molar-refractivity contribution is 0.0949. The molecular weight excluding hydrogens is 502 g/mol. The molecule has 37 heavy (non-hydrogen) atoms. The first-order chi connectivity index (χ1) is 17.7. The summed E-state index contributed by atoms with van der Waals surface area (Å²) in [6.45, 7) is 3.33. The molecule has 1 N–H and O–H groups in total. The molecule has 0 spiro atoms. The third-order valence-electron chi connectivity index (χ3n) is 5.55. The fourth-order valence-corrected chi connectivity index (χ4v) is 4.77. The molecule has 15 heteroatoms. The Bertz CT molecular complexity index is 1470. The van der Waals surface area contributed by atoms with Gasteiger partial charge in [0.15, 0.2) is 5.82 Å². The van der Waals surface area contributed by atoms with Crippen molar-refractivity contribution in [2.75, 3.05) is 26.1 Å². The summed E-state index contributed by atoms with van der Waals surface area (Å²) in [7, 11) is 1.94. The van der Waals surface area contributed by atoms with Crippen LogP contribution in [0, 0.1) is 6.92 Å². The Hall–Kier alpha value is -4.11. The molecule has 0 bridgehead atoms. The van der Waals surface area contributed by atoms with Crippen LogP contribution in [0.25, 0.3) is 17.3 Å². The van der Waals surface area contributed by atoms with E-state index in [4.69, 9.17) is 14.2 Å². The molecule has 3 heterocycles. The average Bonchev–Trinajstić information content (AvgIpc) is 3.50. The van der Waals surface area contributed by atoms with Crippen LogP contribution in [0.1, 0.15) is 25.8 Å². The van der Waals surface area contributed by atoms with Gasteiger partial charge in [0.25, 0.3) is 0 Å². The fraction of sp³-hybridized carbons (Fsp3) is 0.364. The largest absolute Gasteiger partial charge is 0.494 e. The normalized spacial score (nSPS) is 13.2. The van der Waals surface area contributed by atoms with E-state index in [0.717, 1.165) is 5.56 Å². The van der Waals surface area contributed by atoms with Crippen LogP contribution < -0.4 is 14.2 Å². The molecule has 3 aromatic heterocycles. The predicted molar refractivity (Wildman–Crippen MR) is 135 cm³/mol. The van der Waals surface area contributed by atoms with Crippen LogP contribution >= 0.6 is 0 Å². The van der Waals surface area contributed by atoms with Gasteiger partial charge >= 0.3 is 0 Å². The number of anilines is 1. The molecule has 0 aliphatic carbocycles. The maximum absolute atomic E-state index is 13.6. The van der Waals surface area contributed by atoms with Gasteiger partial charge in [-0.05, 0) is 31.5 Å². The average molecular weight is 532 g/mol. The molecule has 4 rings (SSSR count). The van der Waals surface area contributed by atoms with E-state index >= 15 is 0 Å². The number of nitrogens with zero attached hydrogens (tertiary/aromatic N) is 8. The lowest BCUT2D eigenvalue weighted by Crippen LogP contribution is -2.33. The van der Waals surface area contributed by atoms with Crippen LogP contribution in [-0.4, -0.2) is 74.5 Å². The number of hydrogen-bond acceptors (Lipinski definition) is 11. The molecule has 0 amide bonds. The Morgan fingerprint density at radius 2 is 1.68 bits per heavy atom. The van der Waals surface area contributed by atoms with E-state index in [9.17, 15) is 8.42 Å². The summed E-state index contributed by atoms with van der Waals surface area (Å²) >= 11 is 0. The van der Waals surface area contributed by atoms with Crippen LogP contribution in [0.3, 0.4) is 0 Å². The first-order valence-corrected chi connectivity index (χ1v) is 12.6. The minimum Gasteiger partial charge on any atom is -0.494 e. The van der Waals surface area contributed by atoms with Crippen molar-refractivity contribution in [1.29, 1.82) is 0 Å². The van der Waals surface area contributed by atoms with Crippen molar-refractivity contribution in [2.45, 2.75) is 25.2 Å². The summed E-state index contributed by atoms with van der Waals surface area (Å²) in [5, 5.41) is 11.5. The minimum atomic E-state index is -4.12. The van der Waals surface area contributed by atoms with Gasteiger partial charge in [0.05, 0.1) is 14.2 Å². The third kappa shape index (κ3) is 5.08. The quantitative estimate of drug-likeness (QED) is 0.318. The molecule has 14 nitrogen and oxygen atoms in total. The number of benzene rings is 1. The highest BCUT2D eigenvalue weighted by molar-refractivity contribution is 7.93. The first kappa shape index (κ1) is 26.0. The molecule has 0 saturated carbocycles. The number of hydrogen-bond donors (Lipinski definition) is 1. The molecule has 0 unspecified atom stereocenters. The van der Waals surface area contributed by atoms with Gasteiger partial charge in [0.1, 0.15) is 34.9 Å². The summed E-state index contributed by atoms with van der Waals surface area (Å²) in [5.74, 6) is 1.25. The van der Waals surface area contributed by atoms with Gasteiger partial charge in [-0.3, -0.25) is 14.0 Å². The van der Waals surface area contributed by atoms with Crippen molar-refractivity contribution in [3.8, 4) is 28.8 Å². The van der Waals surface area contributed by atoms with Gasteiger partial charge in [-0.15, -0.1) is 15.3 Å². The molecule has 1 aromatic carbocycles. The molecule has 0 radical (unpaired) electrons. The van der Waals surface area contributed by atoms with Crippen molar-refractivity contribution >= 4 is 16.0 Å². The summed E-state index contributed by atoms with van der Waals surface area (Å²) in [5.41, 5.74) is 1.19. The zero-order valence-electron chi connectivity index (χ0n) is 21.1. The third-order valence-corrected chi connectivity index (χ3v) is 7.24. The Kier molecular flexibility index (Phi) is 7.35. The van der Waals surface area contributed by atoms with Gasteiger partial charge in [-0.1, -0.05) is 6.07 Å². The molecule has 0 fully saturated rings. The molecular formula is C22H29N9O5S. The van der Waals surface area contributed by atoms with Crippen molar-refractivity contribution in [1.82, 2.24) is 39.5 Å². The second kappa shape index (κ2) is 10.5. The van der Waals surface area contributed by atoms with Crippen LogP contribution in [0.5, 0.6) is 11.5 Å². The van der Waals surface area contributed by atoms with Gasteiger partial charge in [0.2, 0.25) is 27.6 Å². The number of rotatable bonds is 10. The number of aryl methyl sites for hydroxylation is 2. The molecule has 4 aromatic rings. The van der Waals surface area contributed by atoms with Gasteiger partial charge in [-0.2, -0.15) is 0 Å². The first-order valence-electron chi connectivity index (χ1n) is 11.1. The standard InChI is InChI=1S/C22H27N9O5S.H2/c1-13-10-23-19(24-11-13)18(36-6)14(2)37(32,33)29-22-27-26-21(20-25-12-30(3)28-20)31(22)17-15(34-4)8-7-9-16(17)35-5;/h7-12,14,18H,1-6H3,(H,27,29);1H/t14-,18-;/m0./s1. The maximum atomic E-state index is 13.6. The van der Waals surface area contributed by atoms with Crippen molar-refractivity contribution in [2.24, 2.45) is 7.05 Å². The molecule has 2 atom stereocenters. The van der Waals surface area contributed by atoms with E-state index in [2.05, 4.69) is 35.0 Å². The number of ether oxygens (including phenoxy) is 3. The Morgan fingerprint density at radius 1 is 1.03 bits per heavy atom.